The lowest BCUT2D eigenvalue weighted by Crippen LogP contribution is -1.94. The van der Waals surface area contributed by atoms with Crippen LogP contribution in [-0.4, -0.2) is 13.2 Å². The Morgan fingerprint density at radius 1 is 1.62 bits per heavy atom. The maximum absolute atomic E-state index is 11.6. The molecule has 0 spiro atoms. The molecule has 8 heavy (non-hydrogen) atoms. The van der Waals surface area contributed by atoms with Gasteiger partial charge >= 0.3 is 0 Å². The van der Waals surface area contributed by atoms with Gasteiger partial charge in [-0.2, -0.15) is 0 Å². The van der Waals surface area contributed by atoms with Gasteiger partial charge in [-0.1, -0.05) is 6.58 Å². The monoisotopic (exact) mass is 120 g/mol. The van der Waals surface area contributed by atoms with Crippen molar-refractivity contribution in [2.75, 3.05) is 13.2 Å². The van der Waals surface area contributed by atoms with Gasteiger partial charge in [0.05, 0.1) is 6.61 Å². The van der Waals surface area contributed by atoms with E-state index in [4.69, 9.17) is 0 Å². The molecule has 0 heterocycles. The standard InChI is InChI=1S/C5H9FO2/c1-3-7-8-4-5(2)6/h2-4H2,1H3. The van der Waals surface area contributed by atoms with Crippen LogP contribution in [-0.2, 0) is 9.78 Å². The molecule has 0 aliphatic carbocycles. The smallest absolute Gasteiger partial charge is 0.133 e. The summed E-state index contributed by atoms with van der Waals surface area (Å²) in [6.45, 7) is 4.96. The molecule has 0 amide bonds. The van der Waals surface area contributed by atoms with Crippen molar-refractivity contribution >= 4 is 0 Å². The summed E-state index contributed by atoms with van der Waals surface area (Å²) < 4.78 is 11.6. The normalized spacial score (nSPS) is 9.25. The van der Waals surface area contributed by atoms with Gasteiger partial charge in [-0.3, -0.25) is 0 Å². The van der Waals surface area contributed by atoms with E-state index in [0.29, 0.717) is 6.61 Å². The number of hydrogen-bond donors (Lipinski definition) is 0. The molecule has 0 rings (SSSR count). The first-order valence-corrected chi connectivity index (χ1v) is 2.35. The van der Waals surface area contributed by atoms with E-state index in [-0.39, 0.29) is 6.61 Å². The summed E-state index contributed by atoms with van der Waals surface area (Å²) in [6.07, 6.45) is 0. The van der Waals surface area contributed by atoms with Crippen LogP contribution < -0.4 is 0 Å². The quantitative estimate of drug-likeness (QED) is 0.317. The Hall–Kier alpha value is -0.410. The highest BCUT2D eigenvalue weighted by molar-refractivity contribution is 4.77. The Morgan fingerprint density at radius 2 is 2.25 bits per heavy atom. The molecule has 0 N–H and O–H groups in total. The predicted molar refractivity (Wildman–Crippen MR) is 27.8 cm³/mol. The zero-order valence-corrected chi connectivity index (χ0v) is 4.82. The lowest BCUT2D eigenvalue weighted by Gasteiger charge is -1.95. The zero-order valence-electron chi connectivity index (χ0n) is 4.82. The molecule has 48 valence electrons. The van der Waals surface area contributed by atoms with Crippen LogP contribution in [0.15, 0.2) is 12.4 Å². The van der Waals surface area contributed by atoms with Gasteiger partial charge in [0.2, 0.25) is 0 Å². The summed E-state index contributed by atoms with van der Waals surface area (Å²) >= 11 is 0. The summed E-state index contributed by atoms with van der Waals surface area (Å²) in [6, 6.07) is 0. The lowest BCUT2D eigenvalue weighted by molar-refractivity contribution is -0.286. The summed E-state index contributed by atoms with van der Waals surface area (Å²) in [7, 11) is 0. The van der Waals surface area contributed by atoms with Gasteiger partial charge in [0, 0.05) is 0 Å². The Kier molecular flexibility index (Phi) is 4.50. The van der Waals surface area contributed by atoms with Crippen LogP contribution in [0.2, 0.25) is 0 Å². The highest BCUT2D eigenvalue weighted by Crippen LogP contribution is 1.90. The van der Waals surface area contributed by atoms with Gasteiger partial charge in [0.15, 0.2) is 0 Å². The SMILES string of the molecule is C=C(F)COOCC. The molecular formula is C5H9FO2. The maximum atomic E-state index is 11.6. The minimum atomic E-state index is -0.529. The van der Waals surface area contributed by atoms with E-state index in [1.54, 1.807) is 6.92 Å². The van der Waals surface area contributed by atoms with Crippen molar-refractivity contribution < 1.29 is 14.2 Å². The minimum Gasteiger partial charge on any atom is -0.237 e. The van der Waals surface area contributed by atoms with E-state index in [0.717, 1.165) is 0 Å². The van der Waals surface area contributed by atoms with Gasteiger partial charge in [0.25, 0.3) is 0 Å². The van der Waals surface area contributed by atoms with E-state index in [1.165, 1.54) is 0 Å². The van der Waals surface area contributed by atoms with Crippen molar-refractivity contribution in [3.05, 3.63) is 12.4 Å². The van der Waals surface area contributed by atoms with Crippen LogP contribution >= 0.6 is 0 Å². The fraction of sp³-hybridized carbons (Fsp3) is 0.600. The Morgan fingerprint density at radius 3 is 2.62 bits per heavy atom. The highest BCUT2D eigenvalue weighted by Gasteiger charge is 1.87. The van der Waals surface area contributed by atoms with Gasteiger partial charge in [0.1, 0.15) is 12.4 Å². The molecule has 0 saturated carbocycles. The van der Waals surface area contributed by atoms with Crippen LogP contribution in [0.25, 0.3) is 0 Å². The fourth-order valence-electron chi connectivity index (χ4n) is 0.189. The molecule has 3 heteroatoms. The average Bonchev–Trinajstić information content (AvgIpc) is 1.66. The number of hydrogen-bond acceptors (Lipinski definition) is 2. The zero-order chi connectivity index (χ0) is 6.41. The molecule has 0 aromatic rings. The molecule has 0 atom stereocenters. The molecule has 0 radical (unpaired) electrons. The second kappa shape index (κ2) is 4.74. The largest absolute Gasteiger partial charge is 0.237 e. The third-order valence-electron chi connectivity index (χ3n) is 0.417. The van der Waals surface area contributed by atoms with Crippen molar-refractivity contribution in [1.82, 2.24) is 0 Å². The van der Waals surface area contributed by atoms with E-state index in [2.05, 4.69) is 16.4 Å². The van der Waals surface area contributed by atoms with Gasteiger partial charge in [-0.25, -0.2) is 14.2 Å². The lowest BCUT2D eigenvalue weighted by atomic mass is 10.7. The highest BCUT2D eigenvalue weighted by atomic mass is 19.1. The fourth-order valence-corrected chi connectivity index (χ4v) is 0.189. The molecule has 0 aliphatic heterocycles. The average molecular weight is 120 g/mol. The predicted octanol–water partition coefficient (Wildman–Crippen LogP) is 1.44. The van der Waals surface area contributed by atoms with Crippen molar-refractivity contribution in [2.45, 2.75) is 6.92 Å². The summed E-state index contributed by atoms with van der Waals surface area (Å²) in [4.78, 5) is 8.61. The van der Waals surface area contributed by atoms with Gasteiger partial charge in [-0.05, 0) is 6.92 Å². The molecule has 0 saturated heterocycles. The van der Waals surface area contributed by atoms with Crippen LogP contribution in [0.4, 0.5) is 4.39 Å². The van der Waals surface area contributed by atoms with Crippen molar-refractivity contribution in [3.63, 3.8) is 0 Å². The second-order valence-corrected chi connectivity index (χ2v) is 1.19. The number of rotatable bonds is 4. The van der Waals surface area contributed by atoms with E-state index in [9.17, 15) is 4.39 Å². The first-order valence-electron chi connectivity index (χ1n) is 2.35. The van der Waals surface area contributed by atoms with Gasteiger partial charge < -0.3 is 0 Å². The maximum Gasteiger partial charge on any atom is 0.133 e. The molecule has 0 bridgehead atoms. The van der Waals surface area contributed by atoms with E-state index < -0.39 is 5.83 Å². The molecular weight excluding hydrogens is 111 g/mol. The molecule has 2 nitrogen and oxygen atoms in total. The van der Waals surface area contributed by atoms with Crippen LogP contribution in [0.5, 0.6) is 0 Å². The van der Waals surface area contributed by atoms with Crippen molar-refractivity contribution in [3.8, 4) is 0 Å². The summed E-state index contributed by atoms with van der Waals surface area (Å²) in [5.74, 6) is -0.529. The molecule has 0 unspecified atom stereocenters. The first-order chi connectivity index (χ1) is 3.77. The molecule has 0 aliphatic rings. The first kappa shape index (κ1) is 7.59. The second-order valence-electron chi connectivity index (χ2n) is 1.19. The van der Waals surface area contributed by atoms with Crippen molar-refractivity contribution in [2.24, 2.45) is 0 Å². The molecule has 0 aromatic carbocycles. The minimum absolute atomic E-state index is 0.173. The summed E-state index contributed by atoms with van der Waals surface area (Å²) in [5.41, 5.74) is 0. The third kappa shape index (κ3) is 5.59. The van der Waals surface area contributed by atoms with Gasteiger partial charge in [-0.15, -0.1) is 0 Å². The Balaban J connectivity index is 2.82. The third-order valence-corrected chi connectivity index (χ3v) is 0.417. The molecule has 0 aromatic heterocycles. The Labute approximate surface area is 47.8 Å². The topological polar surface area (TPSA) is 18.5 Å². The molecule has 0 fully saturated rings. The Bertz CT molecular complexity index is 72.8. The van der Waals surface area contributed by atoms with Crippen molar-refractivity contribution in [1.29, 1.82) is 0 Å². The number of halogens is 1. The van der Waals surface area contributed by atoms with Crippen LogP contribution in [0.1, 0.15) is 6.92 Å². The van der Waals surface area contributed by atoms with Crippen LogP contribution in [0, 0.1) is 0 Å². The van der Waals surface area contributed by atoms with Crippen LogP contribution in [0.3, 0.4) is 0 Å². The van der Waals surface area contributed by atoms with E-state index in [1.807, 2.05) is 0 Å². The van der Waals surface area contributed by atoms with E-state index >= 15 is 0 Å². The summed E-state index contributed by atoms with van der Waals surface area (Å²) in [5, 5.41) is 0.